The topological polar surface area (TPSA) is 15.3 Å². The van der Waals surface area contributed by atoms with Crippen LogP contribution in [0.1, 0.15) is 58.3 Å². The molecule has 0 aromatic rings. The lowest BCUT2D eigenvalue weighted by Gasteiger charge is -2.44. The molecule has 2 rings (SSSR count). The molecule has 1 N–H and O–H groups in total. The Morgan fingerprint density at radius 3 is 2.50 bits per heavy atom. The molecular formula is C16H32N2. The van der Waals surface area contributed by atoms with E-state index in [-0.39, 0.29) is 0 Å². The maximum absolute atomic E-state index is 3.47. The molecule has 2 aliphatic carbocycles. The molecule has 2 atom stereocenters. The Balaban J connectivity index is 1.95. The van der Waals surface area contributed by atoms with Crippen LogP contribution in [0.15, 0.2) is 0 Å². The summed E-state index contributed by atoms with van der Waals surface area (Å²) in [4.78, 5) is 2.68. The Labute approximate surface area is 114 Å². The Morgan fingerprint density at radius 1 is 1.17 bits per heavy atom. The molecule has 18 heavy (non-hydrogen) atoms. The van der Waals surface area contributed by atoms with E-state index in [0.29, 0.717) is 5.41 Å². The standard InChI is InChI=1S/C16H32N2/c1-14-7-6-10-16(11-14,12-17-2)13-18(3)15-8-4-5-9-15/h14-15,17H,4-13H2,1-3H3. The highest BCUT2D eigenvalue weighted by molar-refractivity contribution is 4.91. The van der Waals surface area contributed by atoms with Gasteiger partial charge in [-0.15, -0.1) is 0 Å². The van der Waals surface area contributed by atoms with E-state index in [2.05, 4.69) is 31.2 Å². The molecule has 106 valence electrons. The lowest BCUT2D eigenvalue weighted by atomic mass is 9.69. The number of nitrogens with zero attached hydrogens (tertiary/aromatic N) is 1. The first-order valence-corrected chi connectivity index (χ1v) is 8.00. The van der Waals surface area contributed by atoms with Crippen molar-refractivity contribution >= 4 is 0 Å². The van der Waals surface area contributed by atoms with Crippen LogP contribution in [-0.4, -0.2) is 38.1 Å². The fourth-order valence-corrected chi connectivity index (χ4v) is 4.51. The van der Waals surface area contributed by atoms with Crippen molar-refractivity contribution in [3.63, 3.8) is 0 Å². The maximum Gasteiger partial charge on any atom is 0.00924 e. The fraction of sp³-hybridized carbons (Fsp3) is 1.00. The molecule has 2 unspecified atom stereocenters. The molecule has 0 aromatic carbocycles. The molecule has 0 bridgehead atoms. The quantitative estimate of drug-likeness (QED) is 0.808. The molecule has 2 nitrogen and oxygen atoms in total. The maximum atomic E-state index is 3.47. The van der Waals surface area contributed by atoms with Crippen LogP contribution in [-0.2, 0) is 0 Å². The van der Waals surface area contributed by atoms with Crippen LogP contribution >= 0.6 is 0 Å². The highest BCUT2D eigenvalue weighted by atomic mass is 15.1. The van der Waals surface area contributed by atoms with Gasteiger partial charge in [0.2, 0.25) is 0 Å². The van der Waals surface area contributed by atoms with E-state index in [1.807, 2.05) is 0 Å². The van der Waals surface area contributed by atoms with Crippen LogP contribution in [0.3, 0.4) is 0 Å². The summed E-state index contributed by atoms with van der Waals surface area (Å²) in [7, 11) is 4.49. The van der Waals surface area contributed by atoms with Crippen LogP contribution < -0.4 is 5.32 Å². The lowest BCUT2D eigenvalue weighted by molar-refractivity contribution is 0.0752. The Hall–Kier alpha value is -0.0800. The van der Waals surface area contributed by atoms with Gasteiger partial charge in [0.05, 0.1) is 0 Å². The van der Waals surface area contributed by atoms with E-state index in [1.54, 1.807) is 0 Å². The predicted octanol–water partition coefficient (Wildman–Crippen LogP) is 3.28. The molecule has 0 amide bonds. The molecule has 2 fully saturated rings. The van der Waals surface area contributed by atoms with E-state index in [0.717, 1.165) is 12.0 Å². The van der Waals surface area contributed by atoms with E-state index >= 15 is 0 Å². The third kappa shape index (κ3) is 3.48. The minimum absolute atomic E-state index is 0.545. The molecule has 2 saturated carbocycles. The van der Waals surface area contributed by atoms with Gasteiger partial charge >= 0.3 is 0 Å². The van der Waals surface area contributed by atoms with Crippen LogP contribution in [0.4, 0.5) is 0 Å². The largest absolute Gasteiger partial charge is 0.319 e. The van der Waals surface area contributed by atoms with Crippen molar-refractivity contribution in [3.8, 4) is 0 Å². The number of nitrogens with one attached hydrogen (secondary N) is 1. The van der Waals surface area contributed by atoms with Gasteiger partial charge in [-0.25, -0.2) is 0 Å². The molecule has 0 saturated heterocycles. The number of hydrogen-bond donors (Lipinski definition) is 1. The van der Waals surface area contributed by atoms with Gasteiger partial charge in [-0.05, 0) is 51.1 Å². The highest BCUT2D eigenvalue weighted by Crippen LogP contribution is 2.40. The van der Waals surface area contributed by atoms with Crippen molar-refractivity contribution in [2.75, 3.05) is 27.2 Å². The third-order valence-corrected chi connectivity index (χ3v) is 5.27. The van der Waals surface area contributed by atoms with Crippen molar-refractivity contribution in [3.05, 3.63) is 0 Å². The normalized spacial score (nSPS) is 34.3. The van der Waals surface area contributed by atoms with Gasteiger partial charge in [0.1, 0.15) is 0 Å². The van der Waals surface area contributed by atoms with E-state index in [9.17, 15) is 0 Å². The summed E-state index contributed by atoms with van der Waals surface area (Å²) in [5.74, 6) is 0.920. The van der Waals surface area contributed by atoms with Gasteiger partial charge in [-0.2, -0.15) is 0 Å². The zero-order chi connectivity index (χ0) is 13.0. The summed E-state index contributed by atoms with van der Waals surface area (Å²) in [6.07, 6.45) is 11.5. The molecular weight excluding hydrogens is 220 g/mol. The second kappa shape index (κ2) is 6.38. The van der Waals surface area contributed by atoms with Gasteiger partial charge in [0.25, 0.3) is 0 Å². The Morgan fingerprint density at radius 2 is 1.89 bits per heavy atom. The lowest BCUT2D eigenvalue weighted by Crippen LogP contribution is -2.47. The van der Waals surface area contributed by atoms with Crippen LogP contribution in [0.5, 0.6) is 0 Å². The predicted molar refractivity (Wildman–Crippen MR) is 78.9 cm³/mol. The first-order valence-electron chi connectivity index (χ1n) is 8.00. The summed E-state index contributed by atoms with van der Waals surface area (Å²) in [5, 5.41) is 3.47. The van der Waals surface area contributed by atoms with Crippen LogP contribution in [0.25, 0.3) is 0 Å². The van der Waals surface area contributed by atoms with E-state index in [1.165, 1.54) is 64.5 Å². The average Bonchev–Trinajstić information content (AvgIpc) is 2.82. The van der Waals surface area contributed by atoms with Gasteiger partial charge in [-0.1, -0.05) is 32.6 Å². The second-order valence-corrected chi connectivity index (χ2v) is 7.09. The second-order valence-electron chi connectivity index (χ2n) is 7.09. The van der Waals surface area contributed by atoms with E-state index in [4.69, 9.17) is 0 Å². The minimum atomic E-state index is 0.545. The van der Waals surface area contributed by atoms with Gasteiger partial charge in [0.15, 0.2) is 0 Å². The van der Waals surface area contributed by atoms with Gasteiger partial charge < -0.3 is 10.2 Å². The van der Waals surface area contributed by atoms with Crippen molar-refractivity contribution < 1.29 is 0 Å². The monoisotopic (exact) mass is 252 g/mol. The number of rotatable bonds is 5. The molecule has 0 radical (unpaired) electrons. The highest BCUT2D eigenvalue weighted by Gasteiger charge is 2.36. The minimum Gasteiger partial charge on any atom is -0.319 e. The summed E-state index contributed by atoms with van der Waals surface area (Å²) in [5.41, 5.74) is 0.545. The summed E-state index contributed by atoms with van der Waals surface area (Å²) in [6, 6.07) is 0.871. The SMILES string of the molecule is CNCC1(CN(C)C2CCCC2)CCCC(C)C1. The first kappa shape index (κ1) is 14.3. The van der Waals surface area contributed by atoms with Crippen molar-refractivity contribution in [1.29, 1.82) is 0 Å². The van der Waals surface area contributed by atoms with Gasteiger partial charge in [0, 0.05) is 19.1 Å². The zero-order valence-corrected chi connectivity index (χ0v) is 12.7. The third-order valence-electron chi connectivity index (χ3n) is 5.27. The summed E-state index contributed by atoms with van der Waals surface area (Å²) >= 11 is 0. The fourth-order valence-electron chi connectivity index (χ4n) is 4.51. The van der Waals surface area contributed by atoms with Crippen LogP contribution in [0, 0.1) is 11.3 Å². The molecule has 0 aromatic heterocycles. The Kier molecular flexibility index (Phi) is 5.08. The smallest absolute Gasteiger partial charge is 0.00924 e. The van der Waals surface area contributed by atoms with Crippen molar-refractivity contribution in [2.45, 2.75) is 64.3 Å². The molecule has 0 aliphatic heterocycles. The molecule has 2 heteroatoms. The summed E-state index contributed by atoms with van der Waals surface area (Å²) in [6.45, 7) is 4.95. The molecule has 0 spiro atoms. The molecule has 0 heterocycles. The summed E-state index contributed by atoms with van der Waals surface area (Å²) < 4.78 is 0. The average molecular weight is 252 g/mol. The number of hydrogen-bond acceptors (Lipinski definition) is 2. The van der Waals surface area contributed by atoms with Gasteiger partial charge in [-0.3, -0.25) is 0 Å². The van der Waals surface area contributed by atoms with Crippen molar-refractivity contribution in [1.82, 2.24) is 10.2 Å². The Bertz CT molecular complexity index is 243. The first-order chi connectivity index (χ1) is 8.65. The molecule has 2 aliphatic rings. The van der Waals surface area contributed by atoms with Crippen LogP contribution in [0.2, 0.25) is 0 Å². The van der Waals surface area contributed by atoms with E-state index < -0.39 is 0 Å². The van der Waals surface area contributed by atoms with Crippen molar-refractivity contribution in [2.24, 2.45) is 11.3 Å². The zero-order valence-electron chi connectivity index (χ0n) is 12.7.